The molecule has 0 unspecified atom stereocenters. The minimum atomic E-state index is 0.893. The van der Waals surface area contributed by atoms with Gasteiger partial charge in [0.05, 0.1) is 11.4 Å². The number of hydrogen-bond donors (Lipinski definition) is 0. The van der Waals surface area contributed by atoms with E-state index in [1.54, 1.807) is 12.4 Å². The van der Waals surface area contributed by atoms with Crippen molar-refractivity contribution >= 4 is 23.8 Å². The van der Waals surface area contributed by atoms with Crippen LogP contribution in [0.25, 0.3) is 0 Å². The maximum Gasteiger partial charge on any atom is 0.0660 e. The number of hydrogen-bond acceptors (Lipinski definition) is 3. The Morgan fingerprint density at radius 1 is 0.591 bits per heavy atom. The van der Waals surface area contributed by atoms with Gasteiger partial charge in [-0.2, -0.15) is 0 Å². The Balaban J connectivity index is 1.68. The smallest absolute Gasteiger partial charge is 0.0660 e. The monoisotopic (exact) mass is 285 g/mol. The molecule has 0 atom stereocenters. The molecule has 0 N–H and O–H groups in total. The molecule has 0 aliphatic rings. The molecule has 2 aromatic carbocycles. The largest absolute Gasteiger partial charge is 0.265 e. The summed E-state index contributed by atoms with van der Waals surface area (Å²) in [6.07, 6.45) is 7.16. The molecule has 3 heteroatoms. The summed E-state index contributed by atoms with van der Waals surface area (Å²) in [5.41, 5.74) is 3.95. The second-order valence-corrected chi connectivity index (χ2v) is 4.72. The van der Waals surface area contributed by atoms with Gasteiger partial charge in [0, 0.05) is 24.8 Å². The van der Waals surface area contributed by atoms with Crippen molar-refractivity contribution in [3.8, 4) is 0 Å². The first kappa shape index (κ1) is 13.9. The molecule has 0 aliphatic carbocycles. The summed E-state index contributed by atoms with van der Waals surface area (Å²) >= 11 is 0. The average molecular weight is 285 g/mol. The summed E-state index contributed by atoms with van der Waals surface area (Å²) in [6.45, 7) is 0. The summed E-state index contributed by atoms with van der Waals surface area (Å²) in [5.74, 6) is 0. The predicted octanol–water partition coefficient (Wildman–Crippen LogP) is 4.58. The van der Waals surface area contributed by atoms with Crippen molar-refractivity contribution < 1.29 is 0 Å². The fourth-order valence-electron chi connectivity index (χ4n) is 1.91. The van der Waals surface area contributed by atoms with Crippen LogP contribution in [-0.4, -0.2) is 17.4 Å². The van der Waals surface area contributed by atoms with Gasteiger partial charge in [-0.25, -0.2) is 0 Å². The standard InChI is InChI=1S/C19H15N3/c1-2-4-18(5-3-1)21-14-16-6-8-17(9-7-16)15-22-19-10-12-20-13-11-19/h1-15H. The van der Waals surface area contributed by atoms with Gasteiger partial charge in [-0.1, -0.05) is 42.5 Å². The number of aliphatic imine (C=N–C) groups is 2. The van der Waals surface area contributed by atoms with Crippen molar-refractivity contribution in [3.05, 3.63) is 90.3 Å². The lowest BCUT2D eigenvalue weighted by molar-refractivity contribution is 1.32. The summed E-state index contributed by atoms with van der Waals surface area (Å²) in [5, 5.41) is 0. The van der Waals surface area contributed by atoms with Crippen LogP contribution in [0.3, 0.4) is 0 Å². The predicted molar refractivity (Wildman–Crippen MR) is 91.6 cm³/mol. The van der Waals surface area contributed by atoms with Crippen LogP contribution < -0.4 is 0 Å². The molecule has 0 spiro atoms. The first-order chi connectivity index (χ1) is 10.9. The van der Waals surface area contributed by atoms with Crippen LogP contribution >= 0.6 is 0 Å². The van der Waals surface area contributed by atoms with Crippen LogP contribution in [0.2, 0.25) is 0 Å². The van der Waals surface area contributed by atoms with Crippen molar-refractivity contribution in [1.29, 1.82) is 0 Å². The summed E-state index contributed by atoms with van der Waals surface area (Å²) in [6, 6.07) is 21.7. The van der Waals surface area contributed by atoms with Gasteiger partial charge in [0.1, 0.15) is 0 Å². The minimum Gasteiger partial charge on any atom is -0.265 e. The number of pyridine rings is 1. The second-order valence-electron chi connectivity index (χ2n) is 4.72. The number of aromatic nitrogens is 1. The summed E-state index contributed by atoms with van der Waals surface area (Å²) < 4.78 is 0. The molecule has 1 aromatic heterocycles. The van der Waals surface area contributed by atoms with E-state index in [2.05, 4.69) is 15.0 Å². The average Bonchev–Trinajstić information content (AvgIpc) is 2.61. The van der Waals surface area contributed by atoms with Crippen molar-refractivity contribution in [2.45, 2.75) is 0 Å². The highest BCUT2D eigenvalue weighted by Gasteiger charge is 1.91. The van der Waals surface area contributed by atoms with Crippen LogP contribution in [0, 0.1) is 0 Å². The zero-order valence-electron chi connectivity index (χ0n) is 12.0. The lowest BCUT2D eigenvalue weighted by Crippen LogP contribution is -1.84. The van der Waals surface area contributed by atoms with Crippen molar-refractivity contribution in [3.63, 3.8) is 0 Å². The van der Waals surface area contributed by atoms with Crippen LogP contribution in [-0.2, 0) is 0 Å². The Hall–Kier alpha value is -3.07. The molecule has 3 aromatic rings. The van der Waals surface area contributed by atoms with Gasteiger partial charge in [-0.3, -0.25) is 15.0 Å². The van der Waals surface area contributed by atoms with Crippen LogP contribution in [0.1, 0.15) is 11.1 Å². The lowest BCUT2D eigenvalue weighted by Gasteiger charge is -1.96. The highest BCUT2D eigenvalue weighted by molar-refractivity contribution is 5.86. The van der Waals surface area contributed by atoms with Crippen molar-refractivity contribution in [2.75, 3.05) is 0 Å². The highest BCUT2D eigenvalue weighted by atomic mass is 14.7. The van der Waals surface area contributed by atoms with E-state index in [4.69, 9.17) is 0 Å². The number of benzene rings is 2. The van der Waals surface area contributed by atoms with Gasteiger partial charge in [0.15, 0.2) is 0 Å². The molecule has 22 heavy (non-hydrogen) atoms. The third kappa shape index (κ3) is 3.96. The molecule has 0 bridgehead atoms. The SMILES string of the molecule is C(=Nc1ccccc1)c1ccc(C=Nc2ccncc2)cc1. The normalized spacial score (nSPS) is 11.3. The van der Waals surface area contributed by atoms with E-state index in [9.17, 15) is 0 Å². The zero-order chi connectivity index (χ0) is 15.0. The van der Waals surface area contributed by atoms with Crippen LogP contribution in [0.4, 0.5) is 11.4 Å². The fraction of sp³-hybridized carbons (Fsp3) is 0. The minimum absolute atomic E-state index is 0.893. The molecule has 106 valence electrons. The Morgan fingerprint density at radius 2 is 1.09 bits per heavy atom. The fourth-order valence-corrected chi connectivity index (χ4v) is 1.91. The third-order valence-electron chi connectivity index (χ3n) is 3.08. The van der Waals surface area contributed by atoms with E-state index in [0.29, 0.717) is 0 Å². The van der Waals surface area contributed by atoms with Gasteiger partial charge in [0.25, 0.3) is 0 Å². The van der Waals surface area contributed by atoms with Crippen molar-refractivity contribution in [1.82, 2.24) is 4.98 Å². The molecular formula is C19H15N3. The van der Waals surface area contributed by atoms with E-state index in [-0.39, 0.29) is 0 Å². The van der Waals surface area contributed by atoms with E-state index in [1.807, 2.05) is 79.2 Å². The molecule has 3 nitrogen and oxygen atoms in total. The number of nitrogens with zero attached hydrogens (tertiary/aromatic N) is 3. The molecule has 0 saturated heterocycles. The maximum absolute atomic E-state index is 4.43. The molecule has 0 radical (unpaired) electrons. The highest BCUT2D eigenvalue weighted by Crippen LogP contribution is 2.11. The van der Waals surface area contributed by atoms with Gasteiger partial charge < -0.3 is 0 Å². The van der Waals surface area contributed by atoms with Gasteiger partial charge in [0.2, 0.25) is 0 Å². The maximum atomic E-state index is 4.43. The Kier molecular flexibility index (Phi) is 4.47. The summed E-state index contributed by atoms with van der Waals surface area (Å²) in [7, 11) is 0. The van der Waals surface area contributed by atoms with E-state index in [0.717, 1.165) is 22.5 Å². The lowest BCUT2D eigenvalue weighted by atomic mass is 10.1. The Morgan fingerprint density at radius 3 is 1.64 bits per heavy atom. The Labute approximate surface area is 129 Å². The van der Waals surface area contributed by atoms with E-state index in [1.165, 1.54) is 0 Å². The molecule has 0 saturated carbocycles. The third-order valence-corrected chi connectivity index (χ3v) is 3.08. The van der Waals surface area contributed by atoms with Gasteiger partial charge >= 0.3 is 0 Å². The van der Waals surface area contributed by atoms with E-state index >= 15 is 0 Å². The van der Waals surface area contributed by atoms with Gasteiger partial charge in [-0.05, 0) is 35.4 Å². The molecule has 3 rings (SSSR count). The topological polar surface area (TPSA) is 37.6 Å². The molecule has 1 heterocycles. The molecule has 0 amide bonds. The molecular weight excluding hydrogens is 270 g/mol. The first-order valence-electron chi connectivity index (χ1n) is 7.03. The van der Waals surface area contributed by atoms with Gasteiger partial charge in [-0.15, -0.1) is 0 Å². The first-order valence-corrected chi connectivity index (χ1v) is 7.03. The number of para-hydroxylation sites is 1. The molecule has 0 aliphatic heterocycles. The quantitative estimate of drug-likeness (QED) is 0.646. The van der Waals surface area contributed by atoms with E-state index < -0.39 is 0 Å². The van der Waals surface area contributed by atoms with Crippen LogP contribution in [0.5, 0.6) is 0 Å². The molecule has 0 fully saturated rings. The number of rotatable bonds is 4. The van der Waals surface area contributed by atoms with Crippen LogP contribution in [0.15, 0.2) is 89.1 Å². The Bertz CT molecular complexity index is 692. The van der Waals surface area contributed by atoms with Crippen molar-refractivity contribution in [2.24, 2.45) is 9.98 Å². The summed E-state index contributed by atoms with van der Waals surface area (Å²) in [4.78, 5) is 12.8. The zero-order valence-corrected chi connectivity index (χ0v) is 12.0. The second kappa shape index (κ2) is 7.09.